The summed E-state index contributed by atoms with van der Waals surface area (Å²) in [6.07, 6.45) is 4.01. The van der Waals surface area contributed by atoms with Gasteiger partial charge in [0.1, 0.15) is 23.7 Å². The molecule has 2 aliphatic rings. The molecule has 4 nitrogen and oxygen atoms in total. The van der Waals surface area contributed by atoms with Crippen LogP contribution in [0.1, 0.15) is 29.7 Å². The van der Waals surface area contributed by atoms with Crippen LogP contribution in [0.3, 0.4) is 0 Å². The molecule has 0 saturated carbocycles. The van der Waals surface area contributed by atoms with Gasteiger partial charge in [0, 0.05) is 11.8 Å². The normalized spacial score (nSPS) is 21.1. The molecule has 2 unspecified atom stereocenters. The number of hydrogen-bond acceptors (Lipinski definition) is 4. The minimum Gasteiger partial charge on any atom is -0.497 e. The van der Waals surface area contributed by atoms with E-state index in [9.17, 15) is 4.79 Å². The van der Waals surface area contributed by atoms with E-state index in [1.54, 1.807) is 14.0 Å². The number of carbonyl (C=O) groups is 1. The molecule has 0 amide bonds. The highest BCUT2D eigenvalue weighted by Gasteiger charge is 2.41. The number of aliphatic imine (C=N–C) groups is 1. The van der Waals surface area contributed by atoms with Crippen molar-refractivity contribution in [1.82, 2.24) is 4.90 Å². The molecule has 2 heterocycles. The molecule has 4 heteroatoms. The first-order chi connectivity index (χ1) is 11.7. The number of amidine groups is 1. The predicted octanol–water partition coefficient (Wildman–Crippen LogP) is 3.44. The number of nitrogens with zero attached hydrogens (tertiary/aromatic N) is 2. The molecule has 2 aromatic rings. The zero-order valence-electron chi connectivity index (χ0n) is 13.6. The van der Waals surface area contributed by atoms with Gasteiger partial charge in [-0.05, 0) is 36.3 Å². The van der Waals surface area contributed by atoms with Gasteiger partial charge in [-0.3, -0.25) is 9.79 Å². The Morgan fingerprint density at radius 2 is 1.88 bits per heavy atom. The number of Topliss-reactive ketones (excluding diaryl/α,β-unsaturated/α-hetero) is 1. The highest BCUT2D eigenvalue weighted by molar-refractivity contribution is 6.08. The minimum absolute atomic E-state index is 0.110. The van der Waals surface area contributed by atoms with E-state index in [1.807, 2.05) is 53.6 Å². The lowest BCUT2D eigenvalue weighted by Gasteiger charge is -2.28. The Bertz CT molecular complexity index is 852. The van der Waals surface area contributed by atoms with Crippen LogP contribution in [-0.4, -0.2) is 29.7 Å². The summed E-state index contributed by atoms with van der Waals surface area (Å²) in [5.41, 5.74) is 3.22. The Morgan fingerprint density at radius 3 is 2.58 bits per heavy atom. The molecule has 0 fully saturated rings. The SMILES string of the molecule is COc1ccc(C2N=C3c4ccccc4C=CN3C2C(C)=O)cc1. The van der Waals surface area contributed by atoms with Gasteiger partial charge in [0.15, 0.2) is 5.78 Å². The second-order valence-corrected chi connectivity index (χ2v) is 6.04. The lowest BCUT2D eigenvalue weighted by molar-refractivity contribution is -0.120. The Morgan fingerprint density at radius 1 is 1.12 bits per heavy atom. The quantitative estimate of drug-likeness (QED) is 0.870. The summed E-state index contributed by atoms with van der Waals surface area (Å²) in [7, 11) is 1.64. The van der Waals surface area contributed by atoms with Crippen LogP contribution < -0.4 is 4.74 Å². The van der Waals surface area contributed by atoms with Crippen molar-refractivity contribution in [2.75, 3.05) is 7.11 Å². The van der Waals surface area contributed by atoms with Crippen molar-refractivity contribution in [2.45, 2.75) is 19.0 Å². The molecule has 0 radical (unpaired) electrons. The first kappa shape index (κ1) is 14.7. The summed E-state index contributed by atoms with van der Waals surface area (Å²) < 4.78 is 5.22. The van der Waals surface area contributed by atoms with Crippen LogP contribution in [0.5, 0.6) is 5.75 Å². The highest BCUT2D eigenvalue weighted by atomic mass is 16.5. The predicted molar refractivity (Wildman–Crippen MR) is 94.1 cm³/mol. The fraction of sp³-hybridized carbons (Fsp3) is 0.200. The van der Waals surface area contributed by atoms with Crippen molar-refractivity contribution < 1.29 is 9.53 Å². The van der Waals surface area contributed by atoms with E-state index in [4.69, 9.17) is 9.73 Å². The number of benzene rings is 2. The van der Waals surface area contributed by atoms with Crippen LogP contribution in [0.4, 0.5) is 0 Å². The fourth-order valence-corrected chi connectivity index (χ4v) is 3.41. The lowest BCUT2D eigenvalue weighted by Crippen LogP contribution is -2.39. The van der Waals surface area contributed by atoms with Crippen molar-refractivity contribution >= 4 is 17.7 Å². The summed E-state index contributed by atoms with van der Waals surface area (Å²) >= 11 is 0. The molecule has 0 spiro atoms. The summed E-state index contributed by atoms with van der Waals surface area (Å²) in [6, 6.07) is 15.4. The summed E-state index contributed by atoms with van der Waals surface area (Å²) in [5.74, 6) is 1.78. The molecule has 2 atom stereocenters. The maximum Gasteiger partial charge on any atom is 0.155 e. The molecule has 0 saturated heterocycles. The van der Waals surface area contributed by atoms with E-state index >= 15 is 0 Å². The maximum absolute atomic E-state index is 12.3. The van der Waals surface area contributed by atoms with Gasteiger partial charge < -0.3 is 9.64 Å². The number of ether oxygens (including phenoxy) is 1. The summed E-state index contributed by atoms with van der Waals surface area (Å²) in [5, 5.41) is 0. The van der Waals surface area contributed by atoms with Gasteiger partial charge in [0.05, 0.1) is 7.11 Å². The van der Waals surface area contributed by atoms with E-state index in [1.165, 1.54) is 0 Å². The average molecular weight is 318 g/mol. The Hall–Kier alpha value is -2.88. The molecular formula is C20H18N2O2. The van der Waals surface area contributed by atoms with Crippen molar-refractivity contribution in [3.05, 3.63) is 71.4 Å². The number of rotatable bonds is 3. The van der Waals surface area contributed by atoms with Gasteiger partial charge in [-0.1, -0.05) is 36.4 Å². The minimum atomic E-state index is -0.307. The zero-order valence-corrected chi connectivity index (χ0v) is 13.6. The second kappa shape index (κ2) is 5.64. The highest BCUT2D eigenvalue weighted by Crippen LogP contribution is 2.37. The van der Waals surface area contributed by atoms with Crippen molar-refractivity contribution in [1.29, 1.82) is 0 Å². The molecule has 24 heavy (non-hydrogen) atoms. The molecule has 0 aliphatic carbocycles. The molecule has 0 aromatic heterocycles. The monoisotopic (exact) mass is 318 g/mol. The van der Waals surface area contributed by atoms with Gasteiger partial charge in [0.25, 0.3) is 0 Å². The smallest absolute Gasteiger partial charge is 0.155 e. The Labute approximate surface area is 141 Å². The van der Waals surface area contributed by atoms with Crippen LogP contribution in [0.25, 0.3) is 6.08 Å². The summed E-state index contributed by atoms with van der Waals surface area (Å²) in [4.78, 5) is 19.3. The van der Waals surface area contributed by atoms with Crippen molar-refractivity contribution in [3.63, 3.8) is 0 Å². The van der Waals surface area contributed by atoms with E-state index in [0.29, 0.717) is 0 Å². The Balaban J connectivity index is 1.80. The first-order valence-electron chi connectivity index (χ1n) is 7.97. The third-order valence-electron chi connectivity index (χ3n) is 4.59. The number of hydrogen-bond donors (Lipinski definition) is 0. The van der Waals surface area contributed by atoms with Crippen LogP contribution in [0.15, 0.2) is 59.7 Å². The van der Waals surface area contributed by atoms with E-state index in [0.717, 1.165) is 28.3 Å². The lowest BCUT2D eigenvalue weighted by atomic mass is 9.96. The Kier molecular flexibility index (Phi) is 3.45. The topological polar surface area (TPSA) is 41.9 Å². The van der Waals surface area contributed by atoms with Crippen molar-refractivity contribution in [3.8, 4) is 5.75 Å². The number of methoxy groups -OCH3 is 1. The van der Waals surface area contributed by atoms with Crippen molar-refractivity contribution in [2.24, 2.45) is 4.99 Å². The van der Waals surface area contributed by atoms with E-state index in [-0.39, 0.29) is 17.9 Å². The van der Waals surface area contributed by atoms with E-state index < -0.39 is 0 Å². The third-order valence-corrected chi connectivity index (χ3v) is 4.59. The fourth-order valence-electron chi connectivity index (χ4n) is 3.41. The van der Waals surface area contributed by atoms with Gasteiger partial charge in [0.2, 0.25) is 0 Å². The number of ketones is 1. The summed E-state index contributed by atoms with van der Waals surface area (Å²) in [6.45, 7) is 1.63. The van der Waals surface area contributed by atoms with Gasteiger partial charge in [-0.2, -0.15) is 0 Å². The number of fused-ring (bicyclic) bond motifs is 3. The molecule has 0 N–H and O–H groups in total. The van der Waals surface area contributed by atoms with Crippen LogP contribution >= 0.6 is 0 Å². The van der Waals surface area contributed by atoms with Crippen LogP contribution in [0, 0.1) is 0 Å². The largest absolute Gasteiger partial charge is 0.497 e. The average Bonchev–Trinajstić information content (AvgIpc) is 3.02. The first-order valence-corrected chi connectivity index (χ1v) is 7.97. The number of carbonyl (C=O) groups excluding carboxylic acids is 1. The molecular weight excluding hydrogens is 300 g/mol. The molecule has 120 valence electrons. The molecule has 0 bridgehead atoms. The zero-order chi connectivity index (χ0) is 16.7. The molecule has 4 rings (SSSR count). The second-order valence-electron chi connectivity index (χ2n) is 6.04. The standard InChI is InChI=1S/C20H18N2O2/c1-13(23)19-18(15-7-9-16(24-2)10-8-15)21-20-17-6-4-3-5-14(17)11-12-22(19)20/h3-12,18-19H,1-2H3. The van der Waals surface area contributed by atoms with Crippen LogP contribution in [0.2, 0.25) is 0 Å². The van der Waals surface area contributed by atoms with Crippen LogP contribution in [-0.2, 0) is 4.79 Å². The van der Waals surface area contributed by atoms with Gasteiger partial charge in [-0.25, -0.2) is 0 Å². The van der Waals surface area contributed by atoms with Gasteiger partial charge in [-0.15, -0.1) is 0 Å². The third kappa shape index (κ3) is 2.22. The van der Waals surface area contributed by atoms with Gasteiger partial charge >= 0.3 is 0 Å². The maximum atomic E-state index is 12.3. The molecule has 2 aliphatic heterocycles. The molecule has 2 aromatic carbocycles. The van der Waals surface area contributed by atoms with E-state index in [2.05, 4.69) is 12.1 Å².